The standard InChI is InChI=1S/C19H21NO4S/c1-15-9-11-18(12-10-15)25(22,23)24-17-8-5-13-20(14-17)19(21)16-6-3-2-4-7-16/h2-4,6-7,9-12,17H,5,8,13-14H2,1H3/t17-/m0/s1. The summed E-state index contributed by atoms with van der Waals surface area (Å²) in [5.41, 5.74) is 1.58. The molecule has 132 valence electrons. The average molecular weight is 359 g/mol. The summed E-state index contributed by atoms with van der Waals surface area (Å²) < 4.78 is 30.3. The fraction of sp³-hybridized carbons (Fsp3) is 0.316. The fourth-order valence-electron chi connectivity index (χ4n) is 2.90. The molecule has 1 aliphatic rings. The maximum atomic E-state index is 12.5. The Kier molecular flexibility index (Phi) is 5.20. The molecule has 0 bridgehead atoms. The van der Waals surface area contributed by atoms with E-state index in [1.54, 1.807) is 41.3 Å². The van der Waals surface area contributed by atoms with E-state index in [1.165, 1.54) is 0 Å². The van der Waals surface area contributed by atoms with Crippen LogP contribution in [-0.2, 0) is 14.3 Å². The van der Waals surface area contributed by atoms with E-state index >= 15 is 0 Å². The summed E-state index contributed by atoms with van der Waals surface area (Å²) in [6, 6.07) is 15.6. The van der Waals surface area contributed by atoms with Gasteiger partial charge in [-0.3, -0.25) is 8.98 Å². The fourth-order valence-corrected chi connectivity index (χ4v) is 4.00. The van der Waals surface area contributed by atoms with Crippen LogP contribution in [0, 0.1) is 6.92 Å². The Hall–Kier alpha value is -2.18. The number of nitrogens with zero attached hydrogens (tertiary/aromatic N) is 1. The van der Waals surface area contributed by atoms with E-state index in [4.69, 9.17) is 4.18 Å². The van der Waals surface area contributed by atoms with Crippen LogP contribution < -0.4 is 0 Å². The molecule has 0 N–H and O–H groups in total. The van der Waals surface area contributed by atoms with Crippen molar-refractivity contribution in [2.24, 2.45) is 0 Å². The molecule has 0 spiro atoms. The van der Waals surface area contributed by atoms with Crippen LogP contribution >= 0.6 is 0 Å². The molecule has 1 atom stereocenters. The van der Waals surface area contributed by atoms with Crippen LogP contribution in [0.5, 0.6) is 0 Å². The lowest BCUT2D eigenvalue weighted by Gasteiger charge is -2.32. The molecule has 3 rings (SSSR count). The normalized spacial score (nSPS) is 18.1. The molecule has 2 aromatic rings. The van der Waals surface area contributed by atoms with E-state index in [-0.39, 0.29) is 17.3 Å². The van der Waals surface area contributed by atoms with Crippen molar-refractivity contribution in [1.29, 1.82) is 0 Å². The van der Waals surface area contributed by atoms with Crippen LogP contribution in [0.1, 0.15) is 28.8 Å². The number of amides is 1. The molecule has 0 saturated carbocycles. The Morgan fingerprint density at radius 3 is 2.44 bits per heavy atom. The topological polar surface area (TPSA) is 63.7 Å². The van der Waals surface area contributed by atoms with Gasteiger partial charge in [0.25, 0.3) is 16.0 Å². The van der Waals surface area contributed by atoms with Gasteiger partial charge < -0.3 is 4.90 Å². The van der Waals surface area contributed by atoms with E-state index < -0.39 is 16.2 Å². The molecule has 2 aromatic carbocycles. The molecule has 0 aromatic heterocycles. The van der Waals surface area contributed by atoms with Gasteiger partial charge in [0.05, 0.1) is 11.0 Å². The van der Waals surface area contributed by atoms with Crippen LogP contribution in [0.2, 0.25) is 0 Å². The van der Waals surface area contributed by atoms with Gasteiger partial charge in [-0.15, -0.1) is 0 Å². The predicted octanol–water partition coefficient (Wildman–Crippen LogP) is 3.01. The number of carbonyl (C=O) groups excluding carboxylic acids is 1. The van der Waals surface area contributed by atoms with Gasteiger partial charge in [-0.25, -0.2) is 0 Å². The third-order valence-electron chi connectivity index (χ3n) is 4.26. The minimum absolute atomic E-state index is 0.0957. The Balaban J connectivity index is 1.69. The first kappa shape index (κ1) is 17.6. The van der Waals surface area contributed by atoms with Crippen molar-refractivity contribution in [1.82, 2.24) is 4.90 Å². The quantitative estimate of drug-likeness (QED) is 0.787. The molecular formula is C19H21NO4S. The zero-order valence-corrected chi connectivity index (χ0v) is 14.9. The molecule has 0 aliphatic carbocycles. The number of aryl methyl sites for hydroxylation is 1. The first-order chi connectivity index (χ1) is 12.0. The Bertz CT molecular complexity index is 831. The predicted molar refractivity (Wildman–Crippen MR) is 94.8 cm³/mol. The van der Waals surface area contributed by atoms with Gasteiger partial charge in [0.15, 0.2) is 0 Å². The van der Waals surface area contributed by atoms with Gasteiger partial charge in [-0.1, -0.05) is 35.9 Å². The zero-order chi connectivity index (χ0) is 17.9. The third kappa shape index (κ3) is 4.27. The van der Waals surface area contributed by atoms with Crippen LogP contribution in [0.15, 0.2) is 59.5 Å². The summed E-state index contributed by atoms with van der Waals surface area (Å²) in [6.45, 7) is 2.78. The maximum Gasteiger partial charge on any atom is 0.297 e. The lowest BCUT2D eigenvalue weighted by molar-refractivity contribution is 0.0550. The Labute approximate surface area is 148 Å². The van der Waals surface area contributed by atoms with Crippen molar-refractivity contribution < 1.29 is 17.4 Å². The molecule has 5 nitrogen and oxygen atoms in total. The first-order valence-electron chi connectivity index (χ1n) is 8.30. The molecule has 25 heavy (non-hydrogen) atoms. The summed E-state index contributed by atoms with van der Waals surface area (Å²) in [5, 5.41) is 0. The van der Waals surface area contributed by atoms with E-state index in [0.717, 1.165) is 5.56 Å². The number of benzene rings is 2. The second kappa shape index (κ2) is 7.37. The molecule has 1 heterocycles. The summed E-state index contributed by atoms with van der Waals surface area (Å²) in [4.78, 5) is 14.3. The summed E-state index contributed by atoms with van der Waals surface area (Å²) in [7, 11) is -3.83. The highest BCUT2D eigenvalue weighted by Gasteiger charge is 2.29. The van der Waals surface area contributed by atoms with Crippen molar-refractivity contribution in [3.63, 3.8) is 0 Å². The van der Waals surface area contributed by atoms with E-state index in [1.807, 2.05) is 25.1 Å². The molecule has 1 aliphatic heterocycles. The number of rotatable bonds is 4. The number of piperidine rings is 1. The van der Waals surface area contributed by atoms with Crippen molar-refractivity contribution >= 4 is 16.0 Å². The van der Waals surface area contributed by atoms with Crippen molar-refractivity contribution in [3.05, 3.63) is 65.7 Å². The maximum absolute atomic E-state index is 12.5. The SMILES string of the molecule is Cc1ccc(S(=O)(=O)O[C@H]2CCCN(C(=O)c3ccccc3)C2)cc1. The second-order valence-corrected chi connectivity index (χ2v) is 7.82. The molecule has 0 unspecified atom stereocenters. The highest BCUT2D eigenvalue weighted by Crippen LogP contribution is 2.21. The number of hydrogen-bond donors (Lipinski definition) is 0. The molecule has 6 heteroatoms. The highest BCUT2D eigenvalue weighted by atomic mass is 32.2. The molecule has 0 radical (unpaired) electrons. The number of likely N-dealkylation sites (tertiary alicyclic amines) is 1. The van der Waals surface area contributed by atoms with E-state index in [2.05, 4.69) is 0 Å². The molecule has 1 fully saturated rings. The molecular weight excluding hydrogens is 338 g/mol. The van der Waals surface area contributed by atoms with Gasteiger partial charge in [-0.2, -0.15) is 8.42 Å². The van der Waals surface area contributed by atoms with Crippen molar-refractivity contribution in [2.75, 3.05) is 13.1 Å². The van der Waals surface area contributed by atoms with E-state index in [9.17, 15) is 13.2 Å². The summed E-state index contributed by atoms with van der Waals surface area (Å²) in [6.07, 6.45) is 0.809. The minimum atomic E-state index is -3.83. The van der Waals surface area contributed by atoms with Gasteiger partial charge in [-0.05, 0) is 44.0 Å². The Morgan fingerprint density at radius 2 is 1.76 bits per heavy atom. The summed E-state index contributed by atoms with van der Waals surface area (Å²) >= 11 is 0. The minimum Gasteiger partial charge on any atom is -0.336 e. The number of hydrogen-bond acceptors (Lipinski definition) is 4. The van der Waals surface area contributed by atoms with Crippen molar-refractivity contribution in [2.45, 2.75) is 30.8 Å². The smallest absolute Gasteiger partial charge is 0.297 e. The first-order valence-corrected chi connectivity index (χ1v) is 9.71. The Morgan fingerprint density at radius 1 is 1.08 bits per heavy atom. The second-order valence-electron chi connectivity index (χ2n) is 6.24. The third-order valence-corrected chi connectivity index (χ3v) is 5.63. The van der Waals surface area contributed by atoms with Gasteiger partial charge in [0.1, 0.15) is 0 Å². The molecule has 1 amide bonds. The zero-order valence-electron chi connectivity index (χ0n) is 14.1. The van der Waals surface area contributed by atoms with Crippen LogP contribution in [0.4, 0.5) is 0 Å². The van der Waals surface area contributed by atoms with E-state index in [0.29, 0.717) is 24.9 Å². The van der Waals surface area contributed by atoms with Gasteiger partial charge >= 0.3 is 0 Å². The van der Waals surface area contributed by atoms with Gasteiger partial charge in [0.2, 0.25) is 0 Å². The number of carbonyl (C=O) groups is 1. The van der Waals surface area contributed by atoms with Crippen LogP contribution in [-0.4, -0.2) is 38.4 Å². The van der Waals surface area contributed by atoms with Gasteiger partial charge in [0, 0.05) is 18.7 Å². The van der Waals surface area contributed by atoms with Crippen molar-refractivity contribution in [3.8, 4) is 0 Å². The summed E-state index contributed by atoms with van der Waals surface area (Å²) in [5.74, 6) is -0.0957. The monoisotopic (exact) mass is 359 g/mol. The van der Waals surface area contributed by atoms with Crippen LogP contribution in [0.3, 0.4) is 0 Å². The lowest BCUT2D eigenvalue weighted by atomic mass is 10.1. The largest absolute Gasteiger partial charge is 0.336 e. The van der Waals surface area contributed by atoms with Crippen LogP contribution in [0.25, 0.3) is 0 Å². The molecule has 1 saturated heterocycles. The lowest BCUT2D eigenvalue weighted by Crippen LogP contribution is -2.43. The average Bonchev–Trinajstić information content (AvgIpc) is 2.62. The highest BCUT2D eigenvalue weighted by molar-refractivity contribution is 7.86.